The van der Waals surface area contributed by atoms with Crippen LogP contribution in [0.1, 0.15) is 20.7 Å². The molecule has 0 aliphatic heterocycles. The van der Waals surface area contributed by atoms with Crippen molar-refractivity contribution in [3.8, 4) is 0 Å². The van der Waals surface area contributed by atoms with E-state index in [0.717, 1.165) is 3.79 Å². The number of carbonyl (C=O) groups is 2. The van der Waals surface area contributed by atoms with Crippen molar-refractivity contribution >= 4 is 68.0 Å². The first kappa shape index (κ1) is 15.3. The zero-order valence-corrected chi connectivity index (χ0v) is 13.5. The summed E-state index contributed by atoms with van der Waals surface area (Å²) >= 11 is 16.4. The molecule has 1 aromatic heterocycles. The third-order valence-corrected chi connectivity index (χ3v) is 4.52. The van der Waals surface area contributed by atoms with Crippen molar-refractivity contribution in [2.45, 2.75) is 0 Å². The van der Waals surface area contributed by atoms with Gasteiger partial charge in [0, 0.05) is 5.38 Å². The second kappa shape index (κ2) is 6.13. The number of aromatic carboxylic acids is 1. The van der Waals surface area contributed by atoms with Crippen LogP contribution in [-0.2, 0) is 0 Å². The Bertz CT molecular complexity index is 702. The van der Waals surface area contributed by atoms with E-state index in [1.807, 2.05) is 0 Å². The average Bonchev–Trinajstić information content (AvgIpc) is 2.80. The van der Waals surface area contributed by atoms with Crippen molar-refractivity contribution in [3.05, 3.63) is 48.5 Å². The van der Waals surface area contributed by atoms with Gasteiger partial charge in [-0.25, -0.2) is 4.79 Å². The zero-order valence-electron chi connectivity index (χ0n) is 9.62. The highest BCUT2D eigenvalue weighted by molar-refractivity contribution is 9.11. The molecule has 1 heterocycles. The predicted octanol–water partition coefficient (Wildman–Crippen LogP) is 4.77. The van der Waals surface area contributed by atoms with Crippen LogP contribution in [0.4, 0.5) is 5.69 Å². The summed E-state index contributed by atoms with van der Waals surface area (Å²) < 4.78 is 0.790. The number of amides is 1. The van der Waals surface area contributed by atoms with Gasteiger partial charge in [0.25, 0.3) is 5.91 Å². The third-order valence-electron chi connectivity index (χ3n) is 2.39. The van der Waals surface area contributed by atoms with Crippen molar-refractivity contribution in [1.82, 2.24) is 0 Å². The first-order valence-corrected chi connectivity index (χ1v) is 7.59. The number of hydrogen-bond donors (Lipinski definition) is 2. The number of halogens is 3. The molecular formula is C12H6BrCl2NO3S. The maximum Gasteiger partial charge on any atom is 0.339 e. The Hall–Kier alpha value is -1.08. The third kappa shape index (κ3) is 3.15. The zero-order chi connectivity index (χ0) is 14.9. The van der Waals surface area contributed by atoms with E-state index in [1.54, 1.807) is 11.4 Å². The molecular weight excluding hydrogens is 389 g/mol. The van der Waals surface area contributed by atoms with E-state index < -0.39 is 11.9 Å². The summed E-state index contributed by atoms with van der Waals surface area (Å²) in [6.45, 7) is 0. The van der Waals surface area contributed by atoms with Gasteiger partial charge in [-0.15, -0.1) is 11.3 Å². The molecule has 0 fully saturated rings. The van der Waals surface area contributed by atoms with Gasteiger partial charge in [0.05, 0.1) is 25.1 Å². The largest absolute Gasteiger partial charge is 0.478 e. The molecule has 0 bridgehead atoms. The highest BCUT2D eigenvalue weighted by Crippen LogP contribution is 2.32. The summed E-state index contributed by atoms with van der Waals surface area (Å²) in [5.74, 6) is -1.72. The van der Waals surface area contributed by atoms with Crippen molar-refractivity contribution in [2.24, 2.45) is 0 Å². The molecule has 0 aliphatic carbocycles. The Kier molecular flexibility index (Phi) is 4.70. The van der Waals surface area contributed by atoms with Crippen LogP contribution in [0.25, 0.3) is 0 Å². The van der Waals surface area contributed by atoms with Gasteiger partial charge in [-0.2, -0.15) is 0 Å². The molecule has 0 radical (unpaired) electrons. The minimum atomic E-state index is -1.26. The van der Waals surface area contributed by atoms with Gasteiger partial charge in [0.15, 0.2) is 0 Å². The normalized spacial score (nSPS) is 10.3. The summed E-state index contributed by atoms with van der Waals surface area (Å²) in [4.78, 5) is 23.3. The van der Waals surface area contributed by atoms with Gasteiger partial charge >= 0.3 is 5.97 Å². The van der Waals surface area contributed by atoms with E-state index in [2.05, 4.69) is 21.2 Å². The van der Waals surface area contributed by atoms with Crippen molar-refractivity contribution in [1.29, 1.82) is 0 Å². The molecule has 2 aromatic rings. The summed E-state index contributed by atoms with van der Waals surface area (Å²) in [6, 6.07) is 4.42. The van der Waals surface area contributed by atoms with E-state index in [0.29, 0.717) is 5.56 Å². The Balaban J connectivity index is 2.41. The quantitative estimate of drug-likeness (QED) is 0.787. The van der Waals surface area contributed by atoms with Crippen molar-refractivity contribution in [3.63, 3.8) is 0 Å². The van der Waals surface area contributed by atoms with E-state index in [-0.39, 0.29) is 21.3 Å². The Morgan fingerprint density at radius 1 is 1.25 bits per heavy atom. The lowest BCUT2D eigenvalue weighted by Gasteiger charge is -2.11. The van der Waals surface area contributed by atoms with E-state index in [4.69, 9.17) is 28.3 Å². The van der Waals surface area contributed by atoms with Crippen LogP contribution in [-0.4, -0.2) is 17.0 Å². The monoisotopic (exact) mass is 393 g/mol. The van der Waals surface area contributed by atoms with Crippen LogP contribution in [0.15, 0.2) is 27.4 Å². The number of thiophene rings is 1. The molecule has 0 saturated heterocycles. The van der Waals surface area contributed by atoms with Crippen LogP contribution in [0.5, 0.6) is 0 Å². The Morgan fingerprint density at radius 3 is 2.45 bits per heavy atom. The van der Waals surface area contributed by atoms with Gasteiger partial charge in [0.2, 0.25) is 0 Å². The molecule has 104 valence electrons. The number of benzene rings is 1. The van der Waals surface area contributed by atoms with Crippen LogP contribution >= 0.6 is 50.5 Å². The van der Waals surface area contributed by atoms with E-state index in [1.165, 1.54) is 23.5 Å². The second-order valence-corrected chi connectivity index (χ2v) is 6.78. The summed E-state index contributed by atoms with van der Waals surface area (Å²) in [5.41, 5.74) is 0.148. The van der Waals surface area contributed by atoms with E-state index >= 15 is 0 Å². The lowest BCUT2D eigenvalue weighted by Crippen LogP contribution is -2.15. The molecule has 0 unspecified atom stereocenters. The number of carbonyl (C=O) groups excluding carboxylic acids is 1. The first-order valence-electron chi connectivity index (χ1n) is 5.17. The Morgan fingerprint density at radius 2 is 1.90 bits per heavy atom. The topological polar surface area (TPSA) is 66.4 Å². The molecule has 0 atom stereocenters. The fraction of sp³-hybridized carbons (Fsp3) is 0. The van der Waals surface area contributed by atoms with Crippen LogP contribution < -0.4 is 5.32 Å². The summed E-state index contributed by atoms with van der Waals surface area (Å²) in [6.07, 6.45) is 0. The van der Waals surface area contributed by atoms with Gasteiger partial charge in [-0.1, -0.05) is 23.2 Å². The minimum Gasteiger partial charge on any atom is -0.478 e. The lowest BCUT2D eigenvalue weighted by atomic mass is 10.1. The molecule has 2 N–H and O–H groups in total. The molecule has 8 heteroatoms. The SMILES string of the molecule is O=C(Nc1c(Cl)ccc(Cl)c1C(=O)O)c1csc(Br)c1. The standard InChI is InChI=1S/C12H6BrCl2NO3S/c13-8-3-5(4-20-8)11(17)16-10-7(15)2-1-6(14)9(10)12(18)19/h1-4H,(H,16,17)(H,18,19). The molecule has 20 heavy (non-hydrogen) atoms. The molecule has 1 aromatic carbocycles. The average molecular weight is 395 g/mol. The number of carboxylic acid groups (broad SMARTS) is 1. The highest BCUT2D eigenvalue weighted by atomic mass is 79.9. The van der Waals surface area contributed by atoms with E-state index in [9.17, 15) is 9.59 Å². The predicted molar refractivity (Wildman–Crippen MR) is 83.4 cm³/mol. The maximum atomic E-state index is 12.0. The van der Waals surface area contributed by atoms with Crippen molar-refractivity contribution in [2.75, 3.05) is 5.32 Å². The van der Waals surface area contributed by atoms with Gasteiger partial charge < -0.3 is 10.4 Å². The number of rotatable bonds is 3. The van der Waals surface area contributed by atoms with Crippen LogP contribution in [0.2, 0.25) is 10.0 Å². The number of nitrogens with one attached hydrogen (secondary N) is 1. The van der Waals surface area contributed by atoms with Gasteiger partial charge in [0.1, 0.15) is 5.56 Å². The van der Waals surface area contributed by atoms with Crippen LogP contribution in [0.3, 0.4) is 0 Å². The minimum absolute atomic E-state index is 0.00343. The molecule has 0 saturated carbocycles. The molecule has 0 spiro atoms. The van der Waals surface area contributed by atoms with Crippen LogP contribution in [0, 0.1) is 0 Å². The number of carboxylic acids is 1. The molecule has 2 rings (SSSR count). The van der Waals surface area contributed by atoms with Crippen molar-refractivity contribution < 1.29 is 14.7 Å². The first-order chi connectivity index (χ1) is 9.40. The Labute approximate surface area is 136 Å². The molecule has 4 nitrogen and oxygen atoms in total. The second-order valence-electron chi connectivity index (χ2n) is 3.68. The van der Waals surface area contributed by atoms with Gasteiger partial charge in [-0.05, 0) is 34.1 Å². The smallest absolute Gasteiger partial charge is 0.339 e. The lowest BCUT2D eigenvalue weighted by molar-refractivity contribution is 0.0698. The molecule has 0 aliphatic rings. The number of anilines is 1. The fourth-order valence-electron chi connectivity index (χ4n) is 1.50. The summed E-state index contributed by atoms with van der Waals surface area (Å²) in [5, 5.41) is 13.4. The summed E-state index contributed by atoms with van der Waals surface area (Å²) in [7, 11) is 0. The fourth-order valence-corrected chi connectivity index (χ4v) is 3.08. The number of hydrogen-bond acceptors (Lipinski definition) is 3. The van der Waals surface area contributed by atoms with Gasteiger partial charge in [-0.3, -0.25) is 4.79 Å². The molecule has 1 amide bonds. The maximum absolute atomic E-state index is 12.0. The highest BCUT2D eigenvalue weighted by Gasteiger charge is 2.20.